The zero-order chi connectivity index (χ0) is 17.4. The lowest BCUT2D eigenvalue weighted by Crippen LogP contribution is -2.22. The first-order valence-electron chi connectivity index (χ1n) is 9.40. The molecule has 1 aromatic heterocycles. The van der Waals surface area contributed by atoms with Gasteiger partial charge in [-0.2, -0.15) is 0 Å². The molecule has 3 nitrogen and oxygen atoms in total. The van der Waals surface area contributed by atoms with E-state index in [1.54, 1.807) is 0 Å². The molecule has 3 heteroatoms. The van der Waals surface area contributed by atoms with Gasteiger partial charge in [0.15, 0.2) is 5.43 Å². The van der Waals surface area contributed by atoms with Gasteiger partial charge in [-0.25, -0.2) is 0 Å². The van der Waals surface area contributed by atoms with Crippen LogP contribution in [0.25, 0.3) is 21.8 Å². The van der Waals surface area contributed by atoms with E-state index in [0.717, 1.165) is 46.9 Å². The van der Waals surface area contributed by atoms with E-state index < -0.39 is 0 Å². The number of likely N-dealkylation sites (tertiary alicyclic amines) is 1. The van der Waals surface area contributed by atoms with E-state index in [0.29, 0.717) is 0 Å². The summed E-state index contributed by atoms with van der Waals surface area (Å²) in [4.78, 5) is 15.6. The maximum Gasteiger partial charge on any atom is 0.197 e. The first-order valence-corrected chi connectivity index (χ1v) is 9.40. The van der Waals surface area contributed by atoms with E-state index in [-0.39, 0.29) is 5.43 Å². The molecule has 1 saturated heterocycles. The molecule has 0 spiro atoms. The van der Waals surface area contributed by atoms with Gasteiger partial charge in [-0.3, -0.25) is 4.79 Å². The molecular weight excluding hydrogens is 308 g/mol. The highest BCUT2D eigenvalue weighted by atomic mass is 16.1. The Balaban J connectivity index is 1.83. The smallest absolute Gasteiger partial charge is 0.197 e. The minimum atomic E-state index is 0.166. The lowest BCUT2D eigenvalue weighted by atomic mass is 10.0. The van der Waals surface area contributed by atoms with Crippen LogP contribution in [0.3, 0.4) is 0 Å². The van der Waals surface area contributed by atoms with E-state index >= 15 is 0 Å². The van der Waals surface area contributed by atoms with Crippen molar-refractivity contribution in [2.45, 2.75) is 39.7 Å². The molecule has 3 aromatic rings. The lowest BCUT2D eigenvalue weighted by Gasteiger charge is -2.19. The number of aryl methyl sites for hydroxylation is 3. The summed E-state index contributed by atoms with van der Waals surface area (Å²) in [5, 5.41) is 1.72. The molecule has 25 heavy (non-hydrogen) atoms. The topological polar surface area (TPSA) is 25.2 Å². The molecule has 0 atom stereocenters. The maximum atomic E-state index is 13.0. The van der Waals surface area contributed by atoms with Crippen LogP contribution in [-0.2, 0) is 6.54 Å². The predicted molar refractivity (Wildman–Crippen MR) is 105 cm³/mol. The van der Waals surface area contributed by atoms with Gasteiger partial charge < -0.3 is 9.47 Å². The third-order valence-electron chi connectivity index (χ3n) is 5.47. The second-order valence-electron chi connectivity index (χ2n) is 7.38. The maximum absolute atomic E-state index is 13.0. The summed E-state index contributed by atoms with van der Waals surface area (Å²) in [6.45, 7) is 8.75. The van der Waals surface area contributed by atoms with E-state index in [9.17, 15) is 4.79 Å². The van der Waals surface area contributed by atoms with Crippen LogP contribution >= 0.6 is 0 Å². The monoisotopic (exact) mass is 334 g/mol. The van der Waals surface area contributed by atoms with Crippen LogP contribution in [-0.4, -0.2) is 29.1 Å². The van der Waals surface area contributed by atoms with Crippen molar-refractivity contribution in [3.05, 3.63) is 57.7 Å². The Bertz CT molecular complexity index is 981. The number of fused-ring (bicyclic) bond motifs is 2. The Labute approximate surface area is 148 Å². The summed E-state index contributed by atoms with van der Waals surface area (Å²) in [6, 6.07) is 12.3. The van der Waals surface area contributed by atoms with Crippen LogP contribution < -0.4 is 5.43 Å². The summed E-state index contributed by atoms with van der Waals surface area (Å²) < 4.78 is 2.36. The highest BCUT2D eigenvalue weighted by Gasteiger charge is 2.14. The molecule has 0 unspecified atom stereocenters. The average molecular weight is 334 g/mol. The number of para-hydroxylation sites is 1. The number of hydrogen-bond donors (Lipinski definition) is 0. The van der Waals surface area contributed by atoms with Crippen LogP contribution in [0.15, 0.2) is 41.2 Å². The SMILES string of the molecule is Cc1cc(C)c2c(=O)c3ccccc3n(CCCN3CCCC3)c2c1. The molecule has 1 aliphatic heterocycles. The lowest BCUT2D eigenvalue weighted by molar-refractivity contribution is 0.327. The van der Waals surface area contributed by atoms with Gasteiger partial charge in [0.25, 0.3) is 0 Å². The number of aromatic nitrogens is 1. The van der Waals surface area contributed by atoms with Crippen molar-refractivity contribution < 1.29 is 0 Å². The minimum absolute atomic E-state index is 0.166. The van der Waals surface area contributed by atoms with Crippen molar-refractivity contribution in [3.63, 3.8) is 0 Å². The van der Waals surface area contributed by atoms with Crippen molar-refractivity contribution in [2.24, 2.45) is 0 Å². The second-order valence-corrected chi connectivity index (χ2v) is 7.38. The Morgan fingerprint density at radius 3 is 2.52 bits per heavy atom. The zero-order valence-electron chi connectivity index (χ0n) is 15.2. The van der Waals surface area contributed by atoms with Gasteiger partial charge in [-0.15, -0.1) is 0 Å². The quantitative estimate of drug-likeness (QED) is 0.666. The van der Waals surface area contributed by atoms with Crippen LogP contribution in [0, 0.1) is 13.8 Å². The second kappa shape index (κ2) is 6.64. The van der Waals surface area contributed by atoms with Crippen molar-refractivity contribution in [1.29, 1.82) is 0 Å². The molecule has 1 fully saturated rings. The summed E-state index contributed by atoms with van der Waals surface area (Å²) in [6.07, 6.45) is 3.79. The molecule has 0 aliphatic carbocycles. The Hall–Kier alpha value is -2.13. The van der Waals surface area contributed by atoms with E-state index in [4.69, 9.17) is 0 Å². The molecule has 0 saturated carbocycles. The van der Waals surface area contributed by atoms with E-state index in [2.05, 4.69) is 41.5 Å². The van der Waals surface area contributed by atoms with E-state index in [1.165, 1.54) is 31.5 Å². The number of benzene rings is 2. The molecule has 4 rings (SSSR count). The van der Waals surface area contributed by atoms with Gasteiger partial charge in [0, 0.05) is 17.3 Å². The van der Waals surface area contributed by atoms with Gasteiger partial charge in [0.05, 0.1) is 11.0 Å². The van der Waals surface area contributed by atoms with Gasteiger partial charge in [0.2, 0.25) is 0 Å². The van der Waals surface area contributed by atoms with Crippen LogP contribution in [0.2, 0.25) is 0 Å². The van der Waals surface area contributed by atoms with E-state index in [1.807, 2.05) is 18.2 Å². The van der Waals surface area contributed by atoms with Gasteiger partial charge >= 0.3 is 0 Å². The van der Waals surface area contributed by atoms with Crippen molar-refractivity contribution in [1.82, 2.24) is 9.47 Å². The predicted octanol–water partition coefficient (Wildman–Crippen LogP) is 4.26. The van der Waals surface area contributed by atoms with Crippen molar-refractivity contribution in [2.75, 3.05) is 19.6 Å². The third-order valence-corrected chi connectivity index (χ3v) is 5.47. The Morgan fingerprint density at radius 1 is 0.960 bits per heavy atom. The first kappa shape index (κ1) is 16.3. The fraction of sp³-hybridized carbons (Fsp3) is 0.409. The molecular formula is C22H26N2O. The van der Waals surface area contributed by atoms with Gasteiger partial charge in [0.1, 0.15) is 0 Å². The summed E-state index contributed by atoms with van der Waals surface area (Å²) in [5.74, 6) is 0. The fourth-order valence-electron chi connectivity index (χ4n) is 4.32. The van der Waals surface area contributed by atoms with Gasteiger partial charge in [-0.05, 0) is 82.1 Å². The highest BCUT2D eigenvalue weighted by molar-refractivity contribution is 5.95. The number of hydrogen-bond acceptors (Lipinski definition) is 2. The van der Waals surface area contributed by atoms with Gasteiger partial charge in [-0.1, -0.05) is 18.2 Å². The molecule has 0 amide bonds. The van der Waals surface area contributed by atoms with Crippen LogP contribution in [0.1, 0.15) is 30.4 Å². The summed E-state index contributed by atoms with van der Waals surface area (Å²) >= 11 is 0. The summed E-state index contributed by atoms with van der Waals surface area (Å²) in [5.41, 5.74) is 4.61. The number of rotatable bonds is 4. The third kappa shape index (κ3) is 2.98. The van der Waals surface area contributed by atoms with Crippen LogP contribution in [0.5, 0.6) is 0 Å². The molecule has 1 aliphatic rings. The number of pyridine rings is 1. The largest absolute Gasteiger partial charge is 0.340 e. The summed E-state index contributed by atoms with van der Waals surface area (Å²) in [7, 11) is 0. The molecule has 0 radical (unpaired) electrons. The zero-order valence-corrected chi connectivity index (χ0v) is 15.2. The first-order chi connectivity index (χ1) is 12.1. The standard InChI is InChI=1S/C22H26N2O/c1-16-14-17(2)21-20(15-16)24(13-7-12-23-10-5-6-11-23)19-9-4-3-8-18(19)22(21)25/h3-4,8-9,14-15H,5-7,10-13H2,1-2H3. The molecule has 2 heterocycles. The fourth-order valence-corrected chi connectivity index (χ4v) is 4.32. The molecule has 0 bridgehead atoms. The molecule has 2 aromatic carbocycles. The highest BCUT2D eigenvalue weighted by Crippen LogP contribution is 2.23. The Morgan fingerprint density at radius 2 is 1.72 bits per heavy atom. The molecule has 130 valence electrons. The van der Waals surface area contributed by atoms with Crippen molar-refractivity contribution >= 4 is 21.8 Å². The number of nitrogens with zero attached hydrogens (tertiary/aromatic N) is 2. The van der Waals surface area contributed by atoms with Crippen LogP contribution in [0.4, 0.5) is 0 Å². The Kier molecular flexibility index (Phi) is 4.34. The average Bonchev–Trinajstić information content (AvgIpc) is 3.10. The minimum Gasteiger partial charge on any atom is -0.340 e. The normalized spacial score (nSPS) is 15.4. The molecule has 0 N–H and O–H groups in total. The van der Waals surface area contributed by atoms with Crippen molar-refractivity contribution in [3.8, 4) is 0 Å².